The standard InChI is InChI=1S/C10H21NO5Si/c1-13-17(14-2,15-3)9-5-8-16-10(12)6-4-7-11/h4,6H,5,7-9,11H2,1-3H3. The summed E-state index contributed by atoms with van der Waals surface area (Å²) in [6.07, 6.45) is 3.48. The molecule has 0 aliphatic rings. The quantitative estimate of drug-likeness (QED) is 0.279. The van der Waals surface area contributed by atoms with E-state index in [0.717, 1.165) is 0 Å². The van der Waals surface area contributed by atoms with Gasteiger partial charge in [-0.05, 0) is 6.42 Å². The second kappa shape index (κ2) is 9.31. The van der Waals surface area contributed by atoms with Gasteiger partial charge in [-0.15, -0.1) is 0 Å². The van der Waals surface area contributed by atoms with Crippen molar-refractivity contribution in [1.82, 2.24) is 0 Å². The largest absolute Gasteiger partial charge is 0.500 e. The Bertz CT molecular complexity index is 235. The van der Waals surface area contributed by atoms with Gasteiger partial charge in [-0.1, -0.05) is 6.08 Å². The summed E-state index contributed by atoms with van der Waals surface area (Å²) < 4.78 is 20.6. The normalized spacial score (nSPS) is 12.0. The zero-order chi connectivity index (χ0) is 13.1. The molecule has 0 heterocycles. The van der Waals surface area contributed by atoms with Gasteiger partial charge in [0.15, 0.2) is 0 Å². The van der Waals surface area contributed by atoms with Gasteiger partial charge < -0.3 is 23.7 Å². The van der Waals surface area contributed by atoms with Crippen molar-refractivity contribution in [1.29, 1.82) is 0 Å². The van der Waals surface area contributed by atoms with E-state index in [4.69, 9.17) is 23.7 Å². The Morgan fingerprint density at radius 1 is 1.24 bits per heavy atom. The molecule has 0 aromatic carbocycles. The van der Waals surface area contributed by atoms with Gasteiger partial charge in [0, 0.05) is 40.0 Å². The van der Waals surface area contributed by atoms with Crippen LogP contribution in [0.4, 0.5) is 0 Å². The first-order valence-electron chi connectivity index (χ1n) is 5.33. The number of carbonyl (C=O) groups is 1. The molecular weight excluding hydrogens is 242 g/mol. The van der Waals surface area contributed by atoms with E-state index in [0.29, 0.717) is 25.6 Å². The van der Waals surface area contributed by atoms with Gasteiger partial charge in [0.05, 0.1) is 6.61 Å². The van der Waals surface area contributed by atoms with E-state index in [1.807, 2.05) is 0 Å². The first-order valence-corrected chi connectivity index (χ1v) is 7.26. The fourth-order valence-corrected chi connectivity index (χ4v) is 2.92. The summed E-state index contributed by atoms with van der Waals surface area (Å²) in [4.78, 5) is 11.1. The SMILES string of the molecule is CO[Si](CCCOC(=O)C=CCN)(OC)OC. The van der Waals surface area contributed by atoms with Crippen molar-refractivity contribution in [3.8, 4) is 0 Å². The predicted octanol–water partition coefficient (Wildman–Crippen LogP) is 0.313. The summed E-state index contributed by atoms with van der Waals surface area (Å²) in [5, 5.41) is 0. The molecule has 0 amide bonds. The van der Waals surface area contributed by atoms with Crippen LogP contribution in [0, 0.1) is 0 Å². The third-order valence-electron chi connectivity index (χ3n) is 2.19. The lowest BCUT2D eigenvalue weighted by Crippen LogP contribution is -2.42. The van der Waals surface area contributed by atoms with Crippen molar-refractivity contribution >= 4 is 14.8 Å². The summed E-state index contributed by atoms with van der Waals surface area (Å²) >= 11 is 0. The molecule has 17 heavy (non-hydrogen) atoms. The lowest BCUT2D eigenvalue weighted by Gasteiger charge is -2.23. The van der Waals surface area contributed by atoms with Crippen LogP contribution in [-0.2, 0) is 22.8 Å². The van der Waals surface area contributed by atoms with Crippen LogP contribution in [0.25, 0.3) is 0 Å². The zero-order valence-electron chi connectivity index (χ0n) is 10.6. The van der Waals surface area contributed by atoms with Crippen LogP contribution in [0.15, 0.2) is 12.2 Å². The van der Waals surface area contributed by atoms with Gasteiger partial charge in [-0.3, -0.25) is 0 Å². The zero-order valence-corrected chi connectivity index (χ0v) is 11.6. The Labute approximate surface area is 103 Å². The summed E-state index contributed by atoms with van der Waals surface area (Å²) in [5.74, 6) is -0.394. The minimum Gasteiger partial charge on any atom is -0.463 e. The third-order valence-corrected chi connectivity index (χ3v) is 5.03. The molecule has 7 heteroatoms. The van der Waals surface area contributed by atoms with E-state index >= 15 is 0 Å². The fourth-order valence-electron chi connectivity index (χ4n) is 1.23. The number of hydrogen-bond donors (Lipinski definition) is 1. The molecule has 0 spiro atoms. The molecule has 0 rings (SSSR count). The minimum atomic E-state index is -2.54. The number of nitrogens with two attached hydrogens (primary N) is 1. The maximum absolute atomic E-state index is 11.1. The molecule has 0 aliphatic heterocycles. The van der Waals surface area contributed by atoms with Crippen molar-refractivity contribution < 1.29 is 22.8 Å². The molecule has 0 saturated heterocycles. The Kier molecular flexibility index (Phi) is 8.91. The number of ether oxygens (including phenoxy) is 1. The van der Waals surface area contributed by atoms with E-state index in [1.165, 1.54) is 6.08 Å². The molecule has 0 aromatic rings. The van der Waals surface area contributed by atoms with E-state index in [2.05, 4.69) is 0 Å². The van der Waals surface area contributed by atoms with Crippen molar-refractivity contribution in [2.24, 2.45) is 5.73 Å². The van der Waals surface area contributed by atoms with Crippen LogP contribution < -0.4 is 5.73 Å². The van der Waals surface area contributed by atoms with Crippen LogP contribution in [0.3, 0.4) is 0 Å². The van der Waals surface area contributed by atoms with Crippen LogP contribution in [0.1, 0.15) is 6.42 Å². The first-order chi connectivity index (χ1) is 8.14. The van der Waals surface area contributed by atoms with Gasteiger partial charge in [-0.2, -0.15) is 0 Å². The molecular formula is C10H21NO5Si. The highest BCUT2D eigenvalue weighted by molar-refractivity contribution is 6.60. The number of esters is 1. The van der Waals surface area contributed by atoms with E-state index in [9.17, 15) is 4.79 Å². The average Bonchev–Trinajstić information content (AvgIpc) is 2.37. The highest BCUT2D eigenvalue weighted by atomic mass is 28.4. The van der Waals surface area contributed by atoms with Crippen LogP contribution >= 0.6 is 0 Å². The monoisotopic (exact) mass is 263 g/mol. The van der Waals surface area contributed by atoms with Gasteiger partial charge in [0.2, 0.25) is 0 Å². The predicted molar refractivity (Wildman–Crippen MR) is 65.4 cm³/mol. The van der Waals surface area contributed by atoms with Crippen LogP contribution in [0.5, 0.6) is 0 Å². The molecule has 6 nitrogen and oxygen atoms in total. The highest BCUT2D eigenvalue weighted by Gasteiger charge is 2.36. The number of hydrogen-bond acceptors (Lipinski definition) is 6. The lowest BCUT2D eigenvalue weighted by atomic mass is 10.5. The maximum Gasteiger partial charge on any atom is 0.500 e. The molecule has 100 valence electrons. The van der Waals surface area contributed by atoms with Crippen molar-refractivity contribution in [2.45, 2.75) is 12.5 Å². The number of rotatable bonds is 9. The van der Waals surface area contributed by atoms with Crippen molar-refractivity contribution in [3.05, 3.63) is 12.2 Å². The van der Waals surface area contributed by atoms with Crippen molar-refractivity contribution in [3.63, 3.8) is 0 Å². The Morgan fingerprint density at radius 2 is 1.82 bits per heavy atom. The Morgan fingerprint density at radius 3 is 2.29 bits per heavy atom. The van der Waals surface area contributed by atoms with E-state index < -0.39 is 14.8 Å². The van der Waals surface area contributed by atoms with Gasteiger partial charge in [0.25, 0.3) is 0 Å². The first kappa shape index (κ1) is 16.3. The molecule has 0 atom stereocenters. The van der Waals surface area contributed by atoms with Gasteiger partial charge >= 0.3 is 14.8 Å². The van der Waals surface area contributed by atoms with Crippen LogP contribution in [-0.4, -0.2) is 49.3 Å². The minimum absolute atomic E-state index is 0.304. The van der Waals surface area contributed by atoms with Gasteiger partial charge in [0.1, 0.15) is 0 Å². The maximum atomic E-state index is 11.1. The van der Waals surface area contributed by atoms with Crippen LogP contribution in [0.2, 0.25) is 6.04 Å². The Hall–Kier alpha value is -0.733. The second-order valence-corrected chi connectivity index (χ2v) is 6.30. The topological polar surface area (TPSA) is 80.0 Å². The summed E-state index contributed by atoms with van der Waals surface area (Å²) in [6, 6.07) is 0.602. The van der Waals surface area contributed by atoms with Gasteiger partial charge in [-0.25, -0.2) is 4.79 Å². The fraction of sp³-hybridized carbons (Fsp3) is 0.700. The lowest BCUT2D eigenvalue weighted by molar-refractivity contribution is -0.137. The summed E-state index contributed by atoms with van der Waals surface area (Å²) in [7, 11) is 2.11. The van der Waals surface area contributed by atoms with E-state index in [1.54, 1.807) is 27.4 Å². The average molecular weight is 263 g/mol. The smallest absolute Gasteiger partial charge is 0.463 e. The molecule has 2 N–H and O–H groups in total. The molecule has 0 radical (unpaired) electrons. The highest BCUT2D eigenvalue weighted by Crippen LogP contribution is 2.14. The molecule has 0 aromatic heterocycles. The molecule has 0 saturated carbocycles. The molecule has 0 fully saturated rings. The third kappa shape index (κ3) is 6.54. The molecule has 0 bridgehead atoms. The Balaban J connectivity index is 3.83. The van der Waals surface area contributed by atoms with E-state index in [-0.39, 0.29) is 0 Å². The second-order valence-electron chi connectivity index (χ2n) is 3.20. The number of carbonyl (C=O) groups excluding carboxylic acids is 1. The molecule has 0 aliphatic carbocycles. The van der Waals surface area contributed by atoms with Crippen molar-refractivity contribution in [2.75, 3.05) is 34.5 Å². The molecule has 0 unspecified atom stereocenters. The summed E-state index contributed by atoms with van der Waals surface area (Å²) in [6.45, 7) is 0.626. The summed E-state index contributed by atoms with van der Waals surface area (Å²) in [5.41, 5.74) is 5.20.